The van der Waals surface area contributed by atoms with Crippen molar-refractivity contribution in [2.24, 2.45) is 5.92 Å². The molecule has 0 amide bonds. The fraction of sp³-hybridized carbons (Fsp3) is 0.667. The van der Waals surface area contributed by atoms with E-state index in [9.17, 15) is 14.4 Å². The fourth-order valence-corrected chi connectivity index (χ4v) is 1.72. The highest BCUT2D eigenvalue weighted by Gasteiger charge is 2.28. The van der Waals surface area contributed by atoms with Gasteiger partial charge in [-0.05, 0) is 6.42 Å². The van der Waals surface area contributed by atoms with Crippen LogP contribution in [0.15, 0.2) is 0 Å². The lowest BCUT2D eigenvalue weighted by Gasteiger charge is -2.02. The maximum Gasteiger partial charge on any atom is 0.309 e. The standard InChI is InChI=1S/C9H12O4S/c1-6(10)14-5-8(11)4-7-2-3-13-9(7)12/h7H,2-5H2,1H3. The summed E-state index contributed by atoms with van der Waals surface area (Å²) in [5.41, 5.74) is 0. The Hall–Kier alpha value is -0.840. The summed E-state index contributed by atoms with van der Waals surface area (Å²) in [6, 6.07) is 0. The molecule has 14 heavy (non-hydrogen) atoms. The van der Waals surface area contributed by atoms with Gasteiger partial charge in [-0.25, -0.2) is 0 Å². The Bertz CT molecular complexity index is 262. The summed E-state index contributed by atoms with van der Waals surface area (Å²) in [5.74, 6) is -0.464. The van der Waals surface area contributed by atoms with Gasteiger partial charge in [0.2, 0.25) is 0 Å². The molecule has 0 aromatic heterocycles. The SMILES string of the molecule is CC(=O)SCC(=O)CC1CCOC1=O. The van der Waals surface area contributed by atoms with Crippen LogP contribution < -0.4 is 0 Å². The number of carbonyl (C=O) groups is 3. The summed E-state index contributed by atoms with van der Waals surface area (Å²) in [5, 5.41) is -0.0765. The van der Waals surface area contributed by atoms with E-state index in [1.807, 2.05) is 0 Å². The Morgan fingerprint density at radius 2 is 2.29 bits per heavy atom. The molecule has 4 nitrogen and oxygen atoms in total. The zero-order valence-corrected chi connectivity index (χ0v) is 8.76. The maximum absolute atomic E-state index is 11.3. The second kappa shape index (κ2) is 5.14. The van der Waals surface area contributed by atoms with Gasteiger partial charge in [0.1, 0.15) is 5.78 Å². The van der Waals surface area contributed by atoms with Crippen LogP contribution in [-0.4, -0.2) is 29.2 Å². The molecule has 1 aliphatic rings. The van der Waals surface area contributed by atoms with Crippen molar-refractivity contribution < 1.29 is 19.1 Å². The van der Waals surface area contributed by atoms with Gasteiger partial charge < -0.3 is 4.74 Å². The molecule has 1 fully saturated rings. The van der Waals surface area contributed by atoms with E-state index >= 15 is 0 Å². The molecule has 0 radical (unpaired) electrons. The third kappa shape index (κ3) is 3.49. The number of cyclic esters (lactones) is 1. The smallest absolute Gasteiger partial charge is 0.309 e. The number of carbonyl (C=O) groups excluding carboxylic acids is 3. The molecular formula is C9H12O4S. The van der Waals surface area contributed by atoms with Crippen LogP contribution in [0.1, 0.15) is 19.8 Å². The van der Waals surface area contributed by atoms with Crippen LogP contribution in [0.4, 0.5) is 0 Å². The van der Waals surface area contributed by atoms with Crippen molar-refractivity contribution in [3.63, 3.8) is 0 Å². The third-order valence-corrected chi connectivity index (χ3v) is 2.83. The fourth-order valence-electron chi connectivity index (χ4n) is 1.24. The first kappa shape index (κ1) is 11.2. The average molecular weight is 216 g/mol. The van der Waals surface area contributed by atoms with E-state index in [-0.39, 0.29) is 35.0 Å². The maximum atomic E-state index is 11.3. The van der Waals surface area contributed by atoms with Gasteiger partial charge in [-0.1, -0.05) is 11.8 Å². The van der Waals surface area contributed by atoms with E-state index in [0.717, 1.165) is 11.8 Å². The minimum absolute atomic E-state index is 0.0611. The molecule has 1 atom stereocenters. The van der Waals surface area contributed by atoms with Gasteiger partial charge in [-0.3, -0.25) is 14.4 Å². The molecule has 1 saturated heterocycles. The van der Waals surface area contributed by atoms with E-state index in [0.29, 0.717) is 13.0 Å². The van der Waals surface area contributed by atoms with Gasteiger partial charge in [0, 0.05) is 13.3 Å². The molecule has 0 aromatic carbocycles. The lowest BCUT2D eigenvalue weighted by molar-refractivity contribution is -0.142. The highest BCUT2D eigenvalue weighted by molar-refractivity contribution is 8.14. The summed E-state index contributed by atoms with van der Waals surface area (Å²) in [6.07, 6.45) is 0.828. The minimum atomic E-state index is -0.286. The number of hydrogen-bond donors (Lipinski definition) is 0. The Labute approximate surface area is 86.4 Å². The normalized spacial score (nSPS) is 20.6. The van der Waals surface area contributed by atoms with Crippen molar-refractivity contribution in [3.05, 3.63) is 0 Å². The second-order valence-electron chi connectivity index (χ2n) is 3.18. The Balaban J connectivity index is 2.26. The molecule has 0 saturated carbocycles. The van der Waals surface area contributed by atoms with E-state index in [2.05, 4.69) is 0 Å². The summed E-state index contributed by atoms with van der Waals surface area (Å²) in [4.78, 5) is 32.8. The summed E-state index contributed by atoms with van der Waals surface area (Å²) in [7, 11) is 0. The lowest BCUT2D eigenvalue weighted by atomic mass is 10.0. The quantitative estimate of drug-likeness (QED) is 0.650. The Morgan fingerprint density at radius 1 is 1.57 bits per heavy atom. The number of ether oxygens (including phenoxy) is 1. The van der Waals surface area contributed by atoms with E-state index < -0.39 is 0 Å². The van der Waals surface area contributed by atoms with E-state index in [4.69, 9.17) is 4.74 Å². The molecule has 1 heterocycles. The average Bonchev–Trinajstić information content (AvgIpc) is 2.49. The van der Waals surface area contributed by atoms with Crippen LogP contribution in [0.3, 0.4) is 0 Å². The van der Waals surface area contributed by atoms with Gasteiger partial charge in [0.25, 0.3) is 0 Å². The summed E-state index contributed by atoms with van der Waals surface area (Å²) < 4.78 is 4.73. The molecular weight excluding hydrogens is 204 g/mol. The van der Waals surface area contributed by atoms with Gasteiger partial charge in [-0.15, -0.1) is 0 Å². The predicted octanol–water partition coefficient (Wildman–Crippen LogP) is 0.788. The first-order chi connectivity index (χ1) is 6.59. The van der Waals surface area contributed by atoms with Crippen molar-refractivity contribution in [1.29, 1.82) is 0 Å². The van der Waals surface area contributed by atoms with Crippen LogP contribution in [-0.2, 0) is 19.1 Å². The Kier molecular flexibility index (Phi) is 4.13. The van der Waals surface area contributed by atoms with Gasteiger partial charge >= 0.3 is 5.97 Å². The van der Waals surface area contributed by atoms with Crippen LogP contribution in [0, 0.1) is 5.92 Å². The number of rotatable bonds is 4. The predicted molar refractivity (Wildman–Crippen MR) is 51.8 cm³/mol. The second-order valence-corrected chi connectivity index (χ2v) is 4.33. The van der Waals surface area contributed by atoms with Crippen molar-refractivity contribution in [3.8, 4) is 0 Å². The van der Waals surface area contributed by atoms with Crippen LogP contribution in [0.2, 0.25) is 0 Å². The van der Waals surface area contributed by atoms with Crippen LogP contribution >= 0.6 is 11.8 Å². The topological polar surface area (TPSA) is 60.4 Å². The first-order valence-electron chi connectivity index (χ1n) is 4.41. The molecule has 0 bridgehead atoms. The highest BCUT2D eigenvalue weighted by atomic mass is 32.2. The number of esters is 1. The van der Waals surface area contributed by atoms with E-state index in [1.165, 1.54) is 6.92 Å². The zero-order valence-electron chi connectivity index (χ0n) is 7.95. The molecule has 1 aliphatic heterocycles. The largest absolute Gasteiger partial charge is 0.465 e. The van der Waals surface area contributed by atoms with Crippen LogP contribution in [0.5, 0.6) is 0 Å². The molecule has 0 N–H and O–H groups in total. The minimum Gasteiger partial charge on any atom is -0.465 e. The molecule has 78 valence electrons. The molecule has 0 aliphatic carbocycles. The molecule has 1 rings (SSSR count). The van der Waals surface area contributed by atoms with Gasteiger partial charge in [0.15, 0.2) is 5.12 Å². The lowest BCUT2D eigenvalue weighted by Crippen LogP contribution is -2.15. The van der Waals surface area contributed by atoms with Crippen LogP contribution in [0.25, 0.3) is 0 Å². The molecule has 0 spiro atoms. The summed E-state index contributed by atoms with van der Waals surface area (Å²) >= 11 is 0.983. The van der Waals surface area contributed by atoms with Crippen molar-refractivity contribution in [2.45, 2.75) is 19.8 Å². The van der Waals surface area contributed by atoms with Crippen molar-refractivity contribution in [2.75, 3.05) is 12.4 Å². The molecule has 5 heteroatoms. The first-order valence-corrected chi connectivity index (χ1v) is 5.40. The Morgan fingerprint density at radius 3 is 2.79 bits per heavy atom. The van der Waals surface area contributed by atoms with Crippen molar-refractivity contribution >= 4 is 28.6 Å². The number of thioether (sulfide) groups is 1. The van der Waals surface area contributed by atoms with E-state index in [1.54, 1.807) is 0 Å². The van der Waals surface area contributed by atoms with Gasteiger partial charge in [0.05, 0.1) is 18.3 Å². The number of Topliss-reactive ketones (excluding diaryl/α,β-unsaturated/α-hetero) is 1. The zero-order chi connectivity index (χ0) is 10.6. The molecule has 0 aromatic rings. The molecule has 1 unspecified atom stereocenters. The van der Waals surface area contributed by atoms with Crippen molar-refractivity contribution in [1.82, 2.24) is 0 Å². The number of hydrogen-bond acceptors (Lipinski definition) is 5. The third-order valence-electron chi connectivity index (χ3n) is 1.95. The number of ketones is 1. The summed E-state index contributed by atoms with van der Waals surface area (Å²) in [6.45, 7) is 1.83. The highest BCUT2D eigenvalue weighted by Crippen LogP contribution is 2.19. The van der Waals surface area contributed by atoms with Gasteiger partial charge in [-0.2, -0.15) is 0 Å². The monoisotopic (exact) mass is 216 g/mol.